The van der Waals surface area contributed by atoms with Crippen molar-refractivity contribution < 1.29 is 8.42 Å². The van der Waals surface area contributed by atoms with E-state index in [0.29, 0.717) is 11.2 Å². The molecular weight excluding hydrogens is 272 g/mol. The lowest BCUT2D eigenvalue weighted by molar-refractivity contribution is 0.589. The molecule has 0 saturated carbocycles. The number of nitrogens with two attached hydrogens (primary N) is 1. The van der Waals surface area contributed by atoms with Gasteiger partial charge in [-0.1, -0.05) is 17.7 Å². The first-order valence-electron chi connectivity index (χ1n) is 6.17. The van der Waals surface area contributed by atoms with Crippen LogP contribution in [-0.2, 0) is 10.0 Å². The van der Waals surface area contributed by atoms with Crippen LogP contribution in [0.25, 0.3) is 10.9 Å². The van der Waals surface area contributed by atoms with Gasteiger partial charge in [0, 0.05) is 17.3 Å². The van der Waals surface area contributed by atoms with Crippen LogP contribution >= 0.6 is 0 Å². The quantitative estimate of drug-likeness (QED) is 0.737. The van der Waals surface area contributed by atoms with Crippen molar-refractivity contribution in [1.82, 2.24) is 3.97 Å². The van der Waals surface area contributed by atoms with Gasteiger partial charge in [0.15, 0.2) is 0 Å². The molecule has 0 saturated heterocycles. The van der Waals surface area contributed by atoms with E-state index in [1.54, 1.807) is 54.7 Å². The molecule has 0 aliphatic carbocycles. The lowest BCUT2D eigenvalue weighted by Crippen LogP contribution is -2.11. The van der Waals surface area contributed by atoms with E-state index in [1.807, 2.05) is 6.92 Å². The van der Waals surface area contributed by atoms with Crippen molar-refractivity contribution in [2.75, 3.05) is 5.73 Å². The van der Waals surface area contributed by atoms with Gasteiger partial charge in [-0.15, -0.1) is 0 Å². The van der Waals surface area contributed by atoms with Gasteiger partial charge in [-0.05, 0) is 43.3 Å². The summed E-state index contributed by atoms with van der Waals surface area (Å²) in [6, 6.07) is 13.7. The van der Waals surface area contributed by atoms with E-state index >= 15 is 0 Å². The Morgan fingerprint density at radius 1 is 1.00 bits per heavy atom. The monoisotopic (exact) mass is 286 g/mol. The van der Waals surface area contributed by atoms with Crippen molar-refractivity contribution in [1.29, 1.82) is 0 Å². The van der Waals surface area contributed by atoms with Gasteiger partial charge in [0.25, 0.3) is 10.0 Å². The second kappa shape index (κ2) is 4.38. The first-order chi connectivity index (χ1) is 9.48. The third-order valence-corrected chi connectivity index (χ3v) is 4.96. The van der Waals surface area contributed by atoms with Gasteiger partial charge in [-0.25, -0.2) is 12.4 Å². The Bertz CT molecular complexity index is 878. The molecule has 3 aromatic rings. The van der Waals surface area contributed by atoms with Gasteiger partial charge in [-0.2, -0.15) is 0 Å². The second-order valence-corrected chi connectivity index (χ2v) is 6.56. The number of nitrogens with zero attached hydrogens (tertiary/aromatic N) is 1. The minimum absolute atomic E-state index is 0.275. The largest absolute Gasteiger partial charge is 0.399 e. The van der Waals surface area contributed by atoms with Gasteiger partial charge >= 0.3 is 0 Å². The summed E-state index contributed by atoms with van der Waals surface area (Å²) >= 11 is 0. The number of fused-ring (bicyclic) bond motifs is 1. The maximum atomic E-state index is 12.6. The summed E-state index contributed by atoms with van der Waals surface area (Å²) in [6.45, 7) is 1.92. The summed E-state index contributed by atoms with van der Waals surface area (Å²) in [5.41, 5.74) is 7.97. The number of hydrogen-bond donors (Lipinski definition) is 1. The summed E-state index contributed by atoms with van der Waals surface area (Å²) in [4.78, 5) is 0.275. The molecule has 1 heterocycles. The highest BCUT2D eigenvalue weighted by molar-refractivity contribution is 7.90. The predicted molar refractivity (Wildman–Crippen MR) is 80.1 cm³/mol. The van der Waals surface area contributed by atoms with Crippen LogP contribution in [0, 0.1) is 6.92 Å². The van der Waals surface area contributed by atoms with Crippen LogP contribution < -0.4 is 5.73 Å². The molecule has 0 fully saturated rings. The minimum Gasteiger partial charge on any atom is -0.399 e. The molecule has 0 bridgehead atoms. The molecule has 2 aromatic carbocycles. The van der Waals surface area contributed by atoms with Crippen LogP contribution in [0.3, 0.4) is 0 Å². The first kappa shape index (κ1) is 12.7. The third kappa shape index (κ3) is 1.96. The smallest absolute Gasteiger partial charge is 0.268 e. The molecule has 2 N–H and O–H groups in total. The zero-order valence-electron chi connectivity index (χ0n) is 10.9. The van der Waals surface area contributed by atoms with Crippen LogP contribution in [0.4, 0.5) is 5.69 Å². The van der Waals surface area contributed by atoms with E-state index in [9.17, 15) is 8.42 Å². The minimum atomic E-state index is -3.58. The fraction of sp³-hybridized carbons (Fsp3) is 0.0667. The molecule has 0 amide bonds. The summed E-state index contributed by atoms with van der Waals surface area (Å²) in [5.74, 6) is 0. The number of hydrogen-bond acceptors (Lipinski definition) is 3. The molecule has 4 nitrogen and oxygen atoms in total. The van der Waals surface area contributed by atoms with Crippen LogP contribution in [0.15, 0.2) is 59.6 Å². The van der Waals surface area contributed by atoms with Crippen LogP contribution in [0.2, 0.25) is 0 Å². The molecule has 102 valence electrons. The lowest BCUT2D eigenvalue weighted by Gasteiger charge is -2.08. The number of anilines is 1. The molecular formula is C15H14N2O2S. The van der Waals surface area contributed by atoms with Crippen molar-refractivity contribution in [3.63, 3.8) is 0 Å². The van der Waals surface area contributed by atoms with Gasteiger partial charge < -0.3 is 5.73 Å². The number of rotatable bonds is 2. The topological polar surface area (TPSA) is 65.1 Å². The number of aryl methyl sites for hydroxylation is 1. The van der Waals surface area contributed by atoms with Crippen molar-refractivity contribution in [2.45, 2.75) is 11.8 Å². The summed E-state index contributed by atoms with van der Waals surface area (Å²) in [5, 5.41) is 0.806. The SMILES string of the molecule is Cc1ccc(S(=O)(=O)n2ccc3cc(N)ccc32)cc1. The fourth-order valence-corrected chi connectivity index (χ4v) is 3.52. The van der Waals surface area contributed by atoms with E-state index in [0.717, 1.165) is 10.9 Å². The van der Waals surface area contributed by atoms with Gasteiger partial charge in [0.2, 0.25) is 0 Å². The average Bonchev–Trinajstić information content (AvgIpc) is 2.82. The highest BCUT2D eigenvalue weighted by Gasteiger charge is 2.18. The van der Waals surface area contributed by atoms with E-state index in [4.69, 9.17) is 5.73 Å². The molecule has 0 unspecified atom stereocenters. The van der Waals surface area contributed by atoms with Crippen molar-refractivity contribution in [3.05, 3.63) is 60.3 Å². The maximum absolute atomic E-state index is 12.6. The molecule has 20 heavy (non-hydrogen) atoms. The Morgan fingerprint density at radius 3 is 2.40 bits per heavy atom. The van der Waals surface area contributed by atoms with Crippen molar-refractivity contribution in [3.8, 4) is 0 Å². The number of nitrogen functional groups attached to an aromatic ring is 1. The number of aromatic nitrogens is 1. The Kier molecular flexibility index (Phi) is 2.79. The molecule has 0 aliphatic rings. The lowest BCUT2D eigenvalue weighted by atomic mass is 10.2. The van der Waals surface area contributed by atoms with Gasteiger partial charge in [0.1, 0.15) is 0 Å². The summed E-state index contributed by atoms with van der Waals surface area (Å²) < 4.78 is 26.6. The van der Waals surface area contributed by atoms with E-state index in [2.05, 4.69) is 0 Å². The first-order valence-corrected chi connectivity index (χ1v) is 7.61. The average molecular weight is 286 g/mol. The van der Waals surface area contributed by atoms with Crippen molar-refractivity contribution in [2.24, 2.45) is 0 Å². The molecule has 0 aliphatic heterocycles. The fourth-order valence-electron chi connectivity index (χ4n) is 2.17. The van der Waals surface area contributed by atoms with Crippen LogP contribution in [-0.4, -0.2) is 12.4 Å². The van der Waals surface area contributed by atoms with Gasteiger partial charge in [0.05, 0.1) is 10.4 Å². The zero-order valence-corrected chi connectivity index (χ0v) is 11.8. The normalized spacial score (nSPS) is 11.8. The van der Waals surface area contributed by atoms with Crippen LogP contribution in [0.5, 0.6) is 0 Å². The van der Waals surface area contributed by atoms with Crippen molar-refractivity contribution >= 4 is 26.6 Å². The molecule has 3 rings (SSSR count). The third-order valence-electron chi connectivity index (χ3n) is 3.26. The van der Waals surface area contributed by atoms with Crippen LogP contribution in [0.1, 0.15) is 5.56 Å². The summed E-state index contributed by atoms with van der Waals surface area (Å²) in [6.07, 6.45) is 1.55. The Hall–Kier alpha value is -2.27. The molecule has 0 radical (unpaired) electrons. The highest BCUT2D eigenvalue weighted by atomic mass is 32.2. The molecule has 0 atom stereocenters. The Morgan fingerprint density at radius 2 is 1.70 bits per heavy atom. The highest BCUT2D eigenvalue weighted by Crippen LogP contribution is 2.23. The Labute approximate surface area is 117 Å². The summed E-state index contributed by atoms with van der Waals surface area (Å²) in [7, 11) is -3.58. The molecule has 0 spiro atoms. The standard InChI is InChI=1S/C15H14N2O2S/c1-11-2-5-14(6-3-11)20(18,19)17-9-8-12-10-13(16)4-7-15(12)17/h2-10H,16H2,1H3. The molecule has 1 aromatic heterocycles. The van der Waals surface area contributed by atoms with E-state index in [-0.39, 0.29) is 4.90 Å². The van der Waals surface area contributed by atoms with E-state index in [1.165, 1.54) is 3.97 Å². The van der Waals surface area contributed by atoms with Gasteiger partial charge in [-0.3, -0.25) is 0 Å². The number of benzene rings is 2. The predicted octanol–water partition coefficient (Wildman–Crippen LogP) is 2.77. The second-order valence-electron chi connectivity index (χ2n) is 4.75. The Balaban J connectivity index is 2.21. The molecule has 5 heteroatoms. The van der Waals surface area contributed by atoms with E-state index < -0.39 is 10.0 Å². The zero-order chi connectivity index (χ0) is 14.3. The maximum Gasteiger partial charge on any atom is 0.268 e.